The van der Waals surface area contributed by atoms with E-state index < -0.39 is 0 Å². The maximum Gasteiger partial charge on any atom is 0.253 e. The van der Waals surface area contributed by atoms with E-state index in [2.05, 4.69) is 21.4 Å². The molecule has 0 radical (unpaired) electrons. The van der Waals surface area contributed by atoms with Gasteiger partial charge >= 0.3 is 0 Å². The normalized spacial score (nSPS) is 11.0. The van der Waals surface area contributed by atoms with Crippen LogP contribution in [0.1, 0.15) is 35.2 Å². The summed E-state index contributed by atoms with van der Waals surface area (Å²) in [6.45, 7) is 4.01. The maximum atomic E-state index is 12.1. The first-order valence-electron chi connectivity index (χ1n) is 8.55. The Hall–Kier alpha value is -2.82. The molecule has 0 unspecified atom stereocenters. The number of carbonyl (C=O) groups excluding carboxylic acids is 1. The third-order valence-electron chi connectivity index (χ3n) is 4.48. The van der Waals surface area contributed by atoms with Crippen LogP contribution in [0.5, 0.6) is 0 Å². The third kappa shape index (κ3) is 3.99. The smallest absolute Gasteiger partial charge is 0.253 e. The van der Waals surface area contributed by atoms with Gasteiger partial charge < -0.3 is 15.3 Å². The third-order valence-corrected chi connectivity index (χ3v) is 4.48. The van der Waals surface area contributed by atoms with Crippen molar-refractivity contribution < 1.29 is 4.79 Å². The van der Waals surface area contributed by atoms with Crippen LogP contribution in [0, 0.1) is 13.8 Å². The van der Waals surface area contributed by atoms with Crippen molar-refractivity contribution in [1.29, 1.82) is 0 Å². The average Bonchev–Trinajstić information content (AvgIpc) is 2.97. The van der Waals surface area contributed by atoms with E-state index in [-0.39, 0.29) is 18.0 Å². The molecule has 25 heavy (non-hydrogen) atoms. The van der Waals surface area contributed by atoms with E-state index >= 15 is 0 Å². The Labute approximate surface area is 146 Å². The molecular weight excluding hydrogens is 314 g/mol. The Morgan fingerprint density at radius 3 is 2.80 bits per heavy atom. The maximum absolute atomic E-state index is 12.1. The number of H-pyrrole nitrogens is 2. The van der Waals surface area contributed by atoms with Crippen LogP contribution < -0.4 is 10.9 Å². The van der Waals surface area contributed by atoms with Crippen molar-refractivity contribution in [3.8, 4) is 0 Å². The van der Waals surface area contributed by atoms with Gasteiger partial charge in [-0.05, 0) is 49.9 Å². The molecule has 5 heteroatoms. The van der Waals surface area contributed by atoms with E-state index in [0.717, 1.165) is 29.6 Å². The zero-order valence-electron chi connectivity index (χ0n) is 14.6. The summed E-state index contributed by atoms with van der Waals surface area (Å²) < 4.78 is 0. The van der Waals surface area contributed by atoms with E-state index in [4.69, 9.17) is 0 Å². The standard InChI is InChI=1S/C20H23N3O2/c1-13-10-14(2)23-20(25)17(13)12-22-19(24)9-5-6-15-11-21-18-8-4-3-7-16(15)18/h3-4,7-8,10-11,21H,5-6,9,12H2,1-2H3,(H,22,24)(H,23,25). The van der Waals surface area contributed by atoms with E-state index in [0.29, 0.717) is 12.0 Å². The summed E-state index contributed by atoms with van der Waals surface area (Å²) >= 11 is 0. The van der Waals surface area contributed by atoms with Crippen molar-refractivity contribution in [1.82, 2.24) is 15.3 Å². The highest BCUT2D eigenvalue weighted by Crippen LogP contribution is 2.19. The predicted octanol–water partition coefficient (Wildman–Crippen LogP) is 3.11. The number of para-hydroxylation sites is 1. The molecule has 3 aromatic rings. The summed E-state index contributed by atoms with van der Waals surface area (Å²) in [4.78, 5) is 30.0. The predicted molar refractivity (Wildman–Crippen MR) is 99.6 cm³/mol. The number of rotatable bonds is 6. The number of carbonyl (C=O) groups is 1. The van der Waals surface area contributed by atoms with Crippen LogP contribution in [-0.2, 0) is 17.8 Å². The Balaban J connectivity index is 1.51. The van der Waals surface area contributed by atoms with Crippen molar-refractivity contribution in [2.75, 3.05) is 0 Å². The molecule has 130 valence electrons. The van der Waals surface area contributed by atoms with E-state index in [1.165, 1.54) is 10.9 Å². The fourth-order valence-electron chi connectivity index (χ4n) is 3.15. The molecule has 5 nitrogen and oxygen atoms in total. The molecule has 0 fully saturated rings. The lowest BCUT2D eigenvalue weighted by Gasteiger charge is -2.08. The highest BCUT2D eigenvalue weighted by Gasteiger charge is 2.08. The van der Waals surface area contributed by atoms with Gasteiger partial charge in [-0.15, -0.1) is 0 Å². The zero-order valence-corrected chi connectivity index (χ0v) is 14.6. The van der Waals surface area contributed by atoms with Crippen LogP contribution in [0.2, 0.25) is 0 Å². The number of aromatic nitrogens is 2. The second kappa shape index (κ2) is 7.38. The van der Waals surface area contributed by atoms with Crippen LogP contribution in [-0.4, -0.2) is 15.9 Å². The molecule has 2 aromatic heterocycles. The highest BCUT2D eigenvalue weighted by molar-refractivity contribution is 5.83. The van der Waals surface area contributed by atoms with Crippen LogP contribution in [0.15, 0.2) is 41.3 Å². The lowest BCUT2D eigenvalue weighted by atomic mass is 10.1. The first-order valence-corrected chi connectivity index (χ1v) is 8.55. The SMILES string of the molecule is Cc1cc(C)c(CNC(=O)CCCc2c[nH]c3ccccc23)c(=O)[nH]1. The van der Waals surface area contributed by atoms with Crippen molar-refractivity contribution in [3.05, 3.63) is 69.3 Å². The minimum atomic E-state index is -0.128. The number of pyridine rings is 1. The van der Waals surface area contributed by atoms with Gasteiger partial charge in [0.15, 0.2) is 0 Å². The van der Waals surface area contributed by atoms with Gasteiger partial charge in [0.25, 0.3) is 5.56 Å². The van der Waals surface area contributed by atoms with Crippen molar-refractivity contribution in [2.24, 2.45) is 0 Å². The summed E-state index contributed by atoms with van der Waals surface area (Å²) in [5, 5.41) is 4.06. The zero-order chi connectivity index (χ0) is 17.8. The highest BCUT2D eigenvalue weighted by atomic mass is 16.1. The molecule has 1 amide bonds. The molecule has 0 saturated carbocycles. The van der Waals surface area contributed by atoms with Gasteiger partial charge in [0, 0.05) is 41.3 Å². The van der Waals surface area contributed by atoms with Gasteiger partial charge in [0.2, 0.25) is 5.91 Å². The van der Waals surface area contributed by atoms with Crippen molar-refractivity contribution in [3.63, 3.8) is 0 Å². The average molecular weight is 337 g/mol. The van der Waals surface area contributed by atoms with Crippen LogP contribution in [0.4, 0.5) is 0 Å². The molecule has 0 atom stereocenters. The number of aromatic amines is 2. The van der Waals surface area contributed by atoms with Gasteiger partial charge in [-0.2, -0.15) is 0 Å². The lowest BCUT2D eigenvalue weighted by molar-refractivity contribution is -0.121. The first kappa shape index (κ1) is 17.0. The number of nitrogens with one attached hydrogen (secondary N) is 3. The Bertz CT molecular complexity index is 953. The number of benzene rings is 1. The summed E-state index contributed by atoms with van der Waals surface area (Å²) in [7, 11) is 0. The Morgan fingerprint density at radius 2 is 2.00 bits per heavy atom. The Morgan fingerprint density at radius 1 is 1.20 bits per heavy atom. The monoisotopic (exact) mass is 337 g/mol. The minimum Gasteiger partial charge on any atom is -0.361 e. The number of fused-ring (bicyclic) bond motifs is 1. The van der Waals surface area contributed by atoms with E-state index in [9.17, 15) is 9.59 Å². The number of amides is 1. The fourth-order valence-corrected chi connectivity index (χ4v) is 3.15. The van der Waals surface area contributed by atoms with Crippen LogP contribution in [0.25, 0.3) is 10.9 Å². The molecule has 3 rings (SSSR count). The quantitative estimate of drug-likeness (QED) is 0.646. The van der Waals surface area contributed by atoms with Gasteiger partial charge in [-0.25, -0.2) is 0 Å². The van der Waals surface area contributed by atoms with Gasteiger partial charge in [0.05, 0.1) is 0 Å². The van der Waals surface area contributed by atoms with Gasteiger partial charge in [-0.1, -0.05) is 18.2 Å². The topological polar surface area (TPSA) is 77.8 Å². The fraction of sp³-hybridized carbons (Fsp3) is 0.300. The van der Waals surface area contributed by atoms with Crippen LogP contribution in [0.3, 0.4) is 0 Å². The molecule has 0 bridgehead atoms. The summed E-state index contributed by atoms with van der Waals surface area (Å²) in [5.74, 6) is -0.0285. The molecule has 0 saturated heterocycles. The molecule has 1 aromatic carbocycles. The first-order chi connectivity index (χ1) is 12.0. The van der Waals surface area contributed by atoms with E-state index in [1.807, 2.05) is 44.3 Å². The lowest BCUT2D eigenvalue weighted by Crippen LogP contribution is -2.27. The summed E-state index contributed by atoms with van der Waals surface area (Å²) in [6, 6.07) is 10.1. The van der Waals surface area contributed by atoms with Crippen molar-refractivity contribution >= 4 is 16.8 Å². The van der Waals surface area contributed by atoms with Crippen LogP contribution >= 0.6 is 0 Å². The molecule has 0 spiro atoms. The Kier molecular flexibility index (Phi) is 5.03. The molecule has 3 N–H and O–H groups in total. The largest absolute Gasteiger partial charge is 0.361 e. The second-order valence-electron chi connectivity index (χ2n) is 6.43. The number of hydrogen-bond donors (Lipinski definition) is 3. The number of aryl methyl sites for hydroxylation is 3. The molecule has 0 aliphatic rings. The van der Waals surface area contributed by atoms with Gasteiger partial charge in [0.1, 0.15) is 0 Å². The molecule has 0 aliphatic heterocycles. The summed E-state index contributed by atoms with van der Waals surface area (Å²) in [5.41, 5.74) is 4.58. The van der Waals surface area contributed by atoms with E-state index in [1.54, 1.807) is 0 Å². The molecular formula is C20H23N3O2. The van der Waals surface area contributed by atoms with Gasteiger partial charge in [-0.3, -0.25) is 9.59 Å². The number of hydrogen-bond acceptors (Lipinski definition) is 2. The molecule has 0 aliphatic carbocycles. The second-order valence-corrected chi connectivity index (χ2v) is 6.43. The minimum absolute atomic E-state index is 0.0285. The molecule has 2 heterocycles. The van der Waals surface area contributed by atoms with Crippen molar-refractivity contribution in [2.45, 2.75) is 39.7 Å². The summed E-state index contributed by atoms with van der Waals surface area (Å²) in [6.07, 6.45) is 4.08.